The van der Waals surface area contributed by atoms with Crippen molar-refractivity contribution in [3.63, 3.8) is 0 Å². The number of hydrogen-bond acceptors (Lipinski definition) is 2. The van der Waals surface area contributed by atoms with Gasteiger partial charge in [-0.15, -0.1) is 0 Å². The molecule has 3 aromatic rings. The number of rotatable bonds is 5. The Labute approximate surface area is 169 Å². The van der Waals surface area contributed by atoms with Gasteiger partial charge >= 0.3 is 0 Å². The Morgan fingerprint density at radius 2 is 1.59 bits per heavy atom. The Bertz CT molecular complexity index is 1040. The standard InChI is InChI=1S/C25H22FNO2/c1-17-7-9-19(10-8-17)22-23(20-11-13-21(26)14-12-20)27(25(29)24(22)28)16-15-18-5-3-2-4-6-18/h2-14,23,28H,15-16H2,1H3/t23-/m0/s1. The summed E-state index contributed by atoms with van der Waals surface area (Å²) >= 11 is 0. The van der Waals surface area contributed by atoms with Crippen molar-refractivity contribution in [1.29, 1.82) is 0 Å². The fourth-order valence-corrected chi connectivity index (χ4v) is 3.80. The van der Waals surface area contributed by atoms with Gasteiger partial charge in [-0.3, -0.25) is 4.79 Å². The molecule has 0 spiro atoms. The molecule has 0 bridgehead atoms. The van der Waals surface area contributed by atoms with Gasteiger partial charge in [0.05, 0.1) is 6.04 Å². The molecule has 0 saturated heterocycles. The lowest BCUT2D eigenvalue weighted by Gasteiger charge is -2.27. The van der Waals surface area contributed by atoms with Crippen LogP contribution in [0.3, 0.4) is 0 Å². The van der Waals surface area contributed by atoms with Crippen LogP contribution in [-0.4, -0.2) is 22.5 Å². The number of carbonyl (C=O) groups is 1. The van der Waals surface area contributed by atoms with E-state index in [-0.39, 0.29) is 11.6 Å². The summed E-state index contributed by atoms with van der Waals surface area (Å²) in [6.45, 7) is 2.44. The molecule has 0 saturated carbocycles. The zero-order valence-corrected chi connectivity index (χ0v) is 16.2. The number of nitrogens with zero attached hydrogens (tertiary/aromatic N) is 1. The maximum Gasteiger partial charge on any atom is 0.289 e. The number of aliphatic hydroxyl groups is 1. The van der Waals surface area contributed by atoms with E-state index < -0.39 is 11.9 Å². The molecule has 1 aliphatic rings. The monoisotopic (exact) mass is 387 g/mol. The van der Waals surface area contributed by atoms with Crippen molar-refractivity contribution in [1.82, 2.24) is 4.90 Å². The zero-order chi connectivity index (χ0) is 20.4. The fraction of sp³-hybridized carbons (Fsp3) is 0.160. The Hall–Kier alpha value is -3.40. The molecule has 0 aromatic heterocycles. The summed E-state index contributed by atoms with van der Waals surface area (Å²) in [5.41, 5.74) is 4.33. The van der Waals surface area contributed by atoms with Crippen molar-refractivity contribution < 1.29 is 14.3 Å². The lowest BCUT2D eigenvalue weighted by molar-refractivity contribution is -0.129. The number of aliphatic hydroxyl groups excluding tert-OH is 1. The predicted molar refractivity (Wildman–Crippen MR) is 112 cm³/mol. The van der Waals surface area contributed by atoms with E-state index in [9.17, 15) is 14.3 Å². The Morgan fingerprint density at radius 3 is 2.24 bits per heavy atom. The van der Waals surface area contributed by atoms with Gasteiger partial charge in [0.1, 0.15) is 5.82 Å². The molecule has 29 heavy (non-hydrogen) atoms. The van der Waals surface area contributed by atoms with Crippen LogP contribution in [-0.2, 0) is 11.2 Å². The van der Waals surface area contributed by atoms with E-state index in [1.807, 2.05) is 61.5 Å². The first kappa shape index (κ1) is 18.9. The topological polar surface area (TPSA) is 40.5 Å². The van der Waals surface area contributed by atoms with Gasteiger partial charge < -0.3 is 10.0 Å². The van der Waals surface area contributed by atoms with E-state index in [1.165, 1.54) is 12.1 Å². The van der Waals surface area contributed by atoms with E-state index in [0.29, 0.717) is 18.5 Å². The first-order chi connectivity index (χ1) is 14.0. The van der Waals surface area contributed by atoms with Crippen LogP contribution in [0.5, 0.6) is 0 Å². The lowest BCUT2D eigenvalue weighted by atomic mass is 9.93. The third-order valence-electron chi connectivity index (χ3n) is 5.34. The van der Waals surface area contributed by atoms with Gasteiger partial charge in [-0.2, -0.15) is 0 Å². The molecular formula is C25H22FNO2. The molecule has 0 unspecified atom stereocenters. The average Bonchev–Trinajstić information content (AvgIpc) is 2.99. The lowest BCUT2D eigenvalue weighted by Crippen LogP contribution is -2.32. The van der Waals surface area contributed by atoms with Gasteiger partial charge in [-0.25, -0.2) is 4.39 Å². The summed E-state index contributed by atoms with van der Waals surface area (Å²) < 4.78 is 13.5. The van der Waals surface area contributed by atoms with Crippen LogP contribution in [0.2, 0.25) is 0 Å². The molecule has 1 amide bonds. The minimum Gasteiger partial charge on any atom is -0.503 e. The smallest absolute Gasteiger partial charge is 0.289 e. The summed E-state index contributed by atoms with van der Waals surface area (Å²) in [7, 11) is 0. The Kier molecular flexibility index (Phi) is 5.17. The van der Waals surface area contributed by atoms with Gasteiger partial charge in [0, 0.05) is 12.1 Å². The first-order valence-electron chi connectivity index (χ1n) is 9.65. The minimum atomic E-state index is -0.463. The third kappa shape index (κ3) is 3.79. The van der Waals surface area contributed by atoms with Crippen molar-refractivity contribution in [3.8, 4) is 0 Å². The summed E-state index contributed by atoms with van der Waals surface area (Å²) in [6, 6.07) is 23.3. The zero-order valence-electron chi connectivity index (χ0n) is 16.2. The molecule has 0 aliphatic carbocycles. The minimum absolute atomic E-state index is 0.240. The molecule has 3 nitrogen and oxygen atoms in total. The highest BCUT2D eigenvalue weighted by atomic mass is 19.1. The van der Waals surface area contributed by atoms with E-state index in [2.05, 4.69) is 0 Å². The summed E-state index contributed by atoms with van der Waals surface area (Å²) in [5, 5.41) is 10.7. The second-order valence-corrected chi connectivity index (χ2v) is 7.32. The number of hydrogen-bond donors (Lipinski definition) is 1. The maximum absolute atomic E-state index is 13.5. The van der Waals surface area contributed by atoms with Crippen LogP contribution >= 0.6 is 0 Å². The molecule has 0 fully saturated rings. The molecule has 4 heteroatoms. The molecule has 1 atom stereocenters. The van der Waals surface area contributed by atoms with Gasteiger partial charge in [-0.1, -0.05) is 72.3 Å². The summed E-state index contributed by atoms with van der Waals surface area (Å²) in [5.74, 6) is -0.971. The molecular weight excluding hydrogens is 365 g/mol. The Morgan fingerprint density at radius 1 is 0.931 bits per heavy atom. The normalized spacial score (nSPS) is 16.6. The maximum atomic E-state index is 13.5. The largest absolute Gasteiger partial charge is 0.503 e. The summed E-state index contributed by atoms with van der Waals surface area (Å²) in [4.78, 5) is 14.6. The van der Waals surface area contributed by atoms with Gasteiger partial charge in [0.15, 0.2) is 5.76 Å². The number of halogens is 1. The van der Waals surface area contributed by atoms with Crippen molar-refractivity contribution >= 4 is 11.5 Å². The predicted octanol–water partition coefficient (Wildman–Crippen LogP) is 5.23. The number of carbonyl (C=O) groups excluding carboxylic acids is 1. The number of benzene rings is 3. The van der Waals surface area contributed by atoms with Gasteiger partial charge in [0.2, 0.25) is 0 Å². The number of aryl methyl sites for hydroxylation is 1. The van der Waals surface area contributed by atoms with Crippen molar-refractivity contribution in [2.45, 2.75) is 19.4 Å². The molecule has 1 heterocycles. The molecule has 4 rings (SSSR count). The second kappa shape index (κ2) is 7.92. The van der Waals surface area contributed by atoms with Crippen molar-refractivity contribution in [3.05, 3.63) is 113 Å². The van der Waals surface area contributed by atoms with Gasteiger partial charge in [0.25, 0.3) is 5.91 Å². The molecule has 0 radical (unpaired) electrons. The fourth-order valence-electron chi connectivity index (χ4n) is 3.80. The van der Waals surface area contributed by atoms with E-state index in [0.717, 1.165) is 22.3 Å². The highest BCUT2D eigenvalue weighted by molar-refractivity contribution is 6.05. The van der Waals surface area contributed by atoms with Crippen molar-refractivity contribution in [2.75, 3.05) is 6.54 Å². The highest BCUT2D eigenvalue weighted by Crippen LogP contribution is 2.43. The van der Waals surface area contributed by atoms with Crippen LogP contribution in [0.25, 0.3) is 5.57 Å². The molecule has 1 N–H and O–H groups in total. The molecule has 146 valence electrons. The van der Waals surface area contributed by atoms with Crippen LogP contribution in [0.15, 0.2) is 84.6 Å². The summed E-state index contributed by atoms with van der Waals surface area (Å²) in [6.07, 6.45) is 0.665. The van der Waals surface area contributed by atoms with E-state index >= 15 is 0 Å². The van der Waals surface area contributed by atoms with Crippen LogP contribution in [0, 0.1) is 12.7 Å². The van der Waals surface area contributed by atoms with Gasteiger partial charge in [-0.05, 0) is 42.2 Å². The van der Waals surface area contributed by atoms with E-state index in [4.69, 9.17) is 0 Å². The second-order valence-electron chi connectivity index (χ2n) is 7.32. The van der Waals surface area contributed by atoms with Crippen LogP contribution in [0.4, 0.5) is 4.39 Å². The average molecular weight is 387 g/mol. The first-order valence-corrected chi connectivity index (χ1v) is 9.65. The van der Waals surface area contributed by atoms with Crippen LogP contribution in [0.1, 0.15) is 28.3 Å². The van der Waals surface area contributed by atoms with Crippen molar-refractivity contribution in [2.24, 2.45) is 0 Å². The van der Waals surface area contributed by atoms with Crippen LogP contribution < -0.4 is 0 Å². The molecule has 3 aromatic carbocycles. The Balaban J connectivity index is 1.73. The van der Waals surface area contributed by atoms with E-state index in [1.54, 1.807) is 17.0 Å². The SMILES string of the molecule is Cc1ccc(C2=C(O)C(=O)N(CCc3ccccc3)[C@H]2c2ccc(F)cc2)cc1. The molecule has 1 aliphatic heterocycles. The number of amides is 1. The third-order valence-corrected chi connectivity index (χ3v) is 5.34. The quantitative estimate of drug-likeness (QED) is 0.651. The highest BCUT2D eigenvalue weighted by Gasteiger charge is 2.40.